The highest BCUT2D eigenvalue weighted by Crippen LogP contribution is 2.52. The van der Waals surface area contributed by atoms with Crippen LogP contribution >= 0.6 is 12.4 Å². The van der Waals surface area contributed by atoms with Crippen LogP contribution in [0.2, 0.25) is 0 Å². The number of carbonyl (C=O) groups is 1. The number of aromatic carboxylic acids is 1. The summed E-state index contributed by atoms with van der Waals surface area (Å²) < 4.78 is 16.4. The number of benzene rings is 1. The lowest BCUT2D eigenvalue weighted by Crippen LogP contribution is -2.30. The third-order valence-corrected chi connectivity index (χ3v) is 6.17. The summed E-state index contributed by atoms with van der Waals surface area (Å²) in [5.41, 5.74) is 5.56. The van der Waals surface area contributed by atoms with Gasteiger partial charge in [-0.25, -0.2) is 14.2 Å². The second kappa shape index (κ2) is 7.21. The number of carboxylic acids is 1. The van der Waals surface area contributed by atoms with Crippen molar-refractivity contribution in [3.05, 3.63) is 58.1 Å². The van der Waals surface area contributed by atoms with E-state index in [2.05, 4.69) is 4.98 Å². The minimum atomic E-state index is -1.42. The van der Waals surface area contributed by atoms with Gasteiger partial charge in [-0.05, 0) is 43.2 Å². The Kier molecular flexibility index (Phi) is 4.90. The Bertz CT molecular complexity index is 1260. The molecule has 0 radical (unpaired) electrons. The lowest BCUT2D eigenvalue weighted by atomic mass is 10.0. The number of hydrogen-bond donors (Lipinski definition) is 3. The first-order valence-electron chi connectivity index (χ1n) is 9.58. The van der Waals surface area contributed by atoms with Gasteiger partial charge in [-0.2, -0.15) is 0 Å². The van der Waals surface area contributed by atoms with Crippen molar-refractivity contribution in [1.29, 1.82) is 0 Å². The summed E-state index contributed by atoms with van der Waals surface area (Å²) in [5, 5.41) is 18.9. The maximum absolute atomic E-state index is 15.0. The highest BCUT2D eigenvalue weighted by molar-refractivity contribution is 5.92. The Morgan fingerprint density at radius 3 is 2.52 bits per heavy atom. The van der Waals surface area contributed by atoms with Crippen molar-refractivity contribution in [1.82, 2.24) is 9.55 Å². The van der Waals surface area contributed by atoms with Gasteiger partial charge in [0.1, 0.15) is 11.3 Å². The lowest BCUT2D eigenvalue weighted by molar-refractivity contribution is 0.0695. The number of hydrogen-bond acceptors (Lipinski definition) is 6. The minimum Gasteiger partial charge on any atom is -0.508 e. The standard InChI is InChI=1S/C21H19FN4O4.ClH/c22-15-7-13-17(28)14(20(29)30)8-26(11-1-3-12(27)4-2-11)18(13)24-19(15)25-9-16(23)21(10-25)5-6-21;/h1-4,7-8,16,27H,5-6,9-10,23H2,(H,29,30);1H. The van der Waals surface area contributed by atoms with Gasteiger partial charge < -0.3 is 25.4 Å². The van der Waals surface area contributed by atoms with E-state index in [0.29, 0.717) is 18.8 Å². The third-order valence-electron chi connectivity index (χ3n) is 6.17. The number of phenols is 1. The summed E-state index contributed by atoms with van der Waals surface area (Å²) >= 11 is 0. The molecule has 2 aromatic heterocycles. The molecule has 8 nitrogen and oxygen atoms in total. The summed E-state index contributed by atoms with van der Waals surface area (Å²) in [6.07, 6.45) is 3.17. The van der Waals surface area contributed by atoms with Crippen LogP contribution < -0.4 is 16.1 Å². The molecule has 1 saturated heterocycles. The van der Waals surface area contributed by atoms with Gasteiger partial charge in [0.15, 0.2) is 17.3 Å². The quantitative estimate of drug-likeness (QED) is 0.564. The van der Waals surface area contributed by atoms with Crippen molar-refractivity contribution in [3.8, 4) is 11.4 Å². The monoisotopic (exact) mass is 446 g/mol. The molecule has 162 valence electrons. The number of nitrogens with zero attached hydrogens (tertiary/aromatic N) is 3. The Labute approximate surface area is 182 Å². The summed E-state index contributed by atoms with van der Waals surface area (Å²) in [6, 6.07) is 6.96. The summed E-state index contributed by atoms with van der Waals surface area (Å²) in [4.78, 5) is 30.5. The van der Waals surface area contributed by atoms with E-state index < -0.39 is 22.8 Å². The maximum Gasteiger partial charge on any atom is 0.341 e. The van der Waals surface area contributed by atoms with Crippen LogP contribution in [0.1, 0.15) is 23.2 Å². The topological polar surface area (TPSA) is 122 Å². The zero-order valence-corrected chi connectivity index (χ0v) is 17.1. The largest absolute Gasteiger partial charge is 0.508 e. The number of fused-ring (bicyclic) bond motifs is 1. The second-order valence-electron chi connectivity index (χ2n) is 8.08. The molecule has 1 atom stereocenters. The molecule has 1 spiro atoms. The predicted octanol–water partition coefficient (Wildman–Crippen LogP) is 2.28. The van der Waals surface area contributed by atoms with E-state index in [1.165, 1.54) is 22.9 Å². The maximum atomic E-state index is 15.0. The highest BCUT2D eigenvalue weighted by atomic mass is 35.5. The van der Waals surface area contributed by atoms with Crippen molar-refractivity contribution < 1.29 is 19.4 Å². The summed E-state index contributed by atoms with van der Waals surface area (Å²) in [7, 11) is 0. The molecule has 5 rings (SSSR count). The molecule has 1 aromatic carbocycles. The number of pyridine rings is 2. The molecule has 31 heavy (non-hydrogen) atoms. The zero-order valence-electron chi connectivity index (χ0n) is 16.3. The van der Waals surface area contributed by atoms with Crippen molar-refractivity contribution in [2.75, 3.05) is 18.0 Å². The number of anilines is 1. The van der Waals surface area contributed by atoms with Crippen LogP contribution in [0, 0.1) is 11.2 Å². The van der Waals surface area contributed by atoms with Gasteiger partial charge in [-0.1, -0.05) is 0 Å². The molecule has 1 unspecified atom stereocenters. The molecule has 2 aliphatic rings. The van der Waals surface area contributed by atoms with E-state index in [1.807, 2.05) is 0 Å². The van der Waals surface area contributed by atoms with Crippen LogP contribution in [0.4, 0.5) is 10.2 Å². The van der Waals surface area contributed by atoms with E-state index in [1.54, 1.807) is 17.0 Å². The Morgan fingerprint density at radius 2 is 1.94 bits per heavy atom. The van der Waals surface area contributed by atoms with Gasteiger partial charge >= 0.3 is 5.97 Å². The first kappa shape index (κ1) is 21.1. The van der Waals surface area contributed by atoms with Crippen molar-refractivity contribution >= 4 is 35.2 Å². The first-order valence-corrected chi connectivity index (χ1v) is 9.58. The van der Waals surface area contributed by atoms with Gasteiger partial charge in [0.2, 0.25) is 5.43 Å². The van der Waals surface area contributed by atoms with Gasteiger partial charge in [-0.3, -0.25) is 4.79 Å². The van der Waals surface area contributed by atoms with E-state index in [-0.39, 0.29) is 46.5 Å². The van der Waals surface area contributed by atoms with Crippen molar-refractivity contribution in [3.63, 3.8) is 0 Å². The normalized spacial score (nSPS) is 18.9. The number of nitrogens with two attached hydrogens (primary N) is 1. The molecular weight excluding hydrogens is 427 g/mol. The molecule has 2 fully saturated rings. The molecular formula is C21H20ClFN4O4. The summed E-state index contributed by atoms with van der Waals surface area (Å²) in [6.45, 7) is 1.06. The van der Waals surface area contributed by atoms with Crippen LogP contribution in [0.25, 0.3) is 16.7 Å². The Hall–Kier alpha value is -3.17. The number of phenolic OH excluding ortho intramolecular Hbond substituents is 1. The smallest absolute Gasteiger partial charge is 0.341 e. The van der Waals surface area contributed by atoms with Crippen molar-refractivity contribution in [2.45, 2.75) is 18.9 Å². The fourth-order valence-electron chi connectivity index (χ4n) is 4.24. The van der Waals surface area contributed by atoms with Crippen LogP contribution in [0.15, 0.2) is 41.3 Å². The number of aromatic nitrogens is 2. The lowest BCUT2D eigenvalue weighted by Gasteiger charge is -2.20. The van der Waals surface area contributed by atoms with E-state index in [9.17, 15) is 24.2 Å². The summed E-state index contributed by atoms with van der Waals surface area (Å²) in [5.74, 6) is -1.98. The minimum absolute atomic E-state index is 0. The van der Waals surface area contributed by atoms with Crippen LogP contribution in [0.5, 0.6) is 5.75 Å². The van der Waals surface area contributed by atoms with E-state index in [0.717, 1.165) is 18.9 Å². The fraction of sp³-hybridized carbons (Fsp3) is 0.286. The fourth-order valence-corrected chi connectivity index (χ4v) is 4.24. The average Bonchev–Trinajstić information content (AvgIpc) is 3.41. The van der Waals surface area contributed by atoms with Gasteiger partial charge in [0.25, 0.3) is 0 Å². The molecule has 1 aliphatic carbocycles. The molecule has 0 amide bonds. The molecule has 3 heterocycles. The first-order chi connectivity index (χ1) is 14.3. The van der Waals surface area contributed by atoms with E-state index in [4.69, 9.17) is 5.73 Å². The van der Waals surface area contributed by atoms with Crippen molar-refractivity contribution in [2.24, 2.45) is 11.1 Å². The van der Waals surface area contributed by atoms with Gasteiger partial charge in [-0.15, -0.1) is 12.4 Å². The SMILES string of the molecule is Cl.NC1CN(c2nc3c(cc2F)c(=O)c(C(=O)O)cn3-c2ccc(O)cc2)CC12CC2. The second-order valence-corrected chi connectivity index (χ2v) is 8.08. The van der Waals surface area contributed by atoms with Gasteiger partial charge in [0.05, 0.1) is 5.39 Å². The molecule has 4 N–H and O–H groups in total. The number of rotatable bonds is 3. The highest BCUT2D eigenvalue weighted by Gasteiger charge is 2.54. The third kappa shape index (κ3) is 3.30. The Morgan fingerprint density at radius 1 is 1.26 bits per heavy atom. The molecule has 1 saturated carbocycles. The number of halogens is 2. The average molecular weight is 447 g/mol. The molecule has 3 aromatic rings. The van der Waals surface area contributed by atoms with Crippen LogP contribution in [-0.4, -0.2) is 44.9 Å². The van der Waals surface area contributed by atoms with Crippen LogP contribution in [-0.2, 0) is 0 Å². The predicted molar refractivity (Wildman–Crippen MR) is 115 cm³/mol. The van der Waals surface area contributed by atoms with E-state index >= 15 is 0 Å². The Balaban J connectivity index is 0.00000231. The molecule has 10 heteroatoms. The van der Waals surface area contributed by atoms with Gasteiger partial charge in [0, 0.05) is 36.4 Å². The zero-order chi connectivity index (χ0) is 21.2. The number of carboxylic acid groups (broad SMARTS) is 1. The molecule has 1 aliphatic heterocycles. The van der Waals surface area contributed by atoms with Crippen LogP contribution in [0.3, 0.4) is 0 Å². The number of aromatic hydroxyl groups is 1. The molecule has 0 bridgehead atoms.